The molecule has 0 N–H and O–H groups in total. The number of aryl methyl sites for hydroxylation is 2. The lowest BCUT2D eigenvalue weighted by molar-refractivity contribution is 0.394. The normalized spacial score (nSPS) is 24.4. The van der Waals surface area contributed by atoms with Crippen molar-refractivity contribution in [2.45, 2.75) is 43.0 Å². The van der Waals surface area contributed by atoms with Gasteiger partial charge in [0.2, 0.25) is 10.0 Å². The van der Waals surface area contributed by atoms with Crippen molar-refractivity contribution in [3.63, 3.8) is 0 Å². The highest BCUT2D eigenvalue weighted by Crippen LogP contribution is 2.27. The van der Waals surface area contributed by atoms with E-state index in [1.807, 2.05) is 6.07 Å². The van der Waals surface area contributed by atoms with Gasteiger partial charge in [0, 0.05) is 13.1 Å². The summed E-state index contributed by atoms with van der Waals surface area (Å²) in [6.45, 7) is 0. The zero-order chi connectivity index (χ0) is 16.0. The van der Waals surface area contributed by atoms with E-state index in [9.17, 15) is 16.8 Å². The maximum atomic E-state index is 12.7. The van der Waals surface area contributed by atoms with Crippen LogP contribution >= 0.6 is 0 Å². The van der Waals surface area contributed by atoms with Crippen LogP contribution in [0.3, 0.4) is 0 Å². The molecule has 1 aromatic carbocycles. The van der Waals surface area contributed by atoms with Crippen LogP contribution in [0.1, 0.15) is 30.4 Å². The highest BCUT2D eigenvalue weighted by atomic mass is 32.2. The van der Waals surface area contributed by atoms with Crippen LogP contribution in [0.25, 0.3) is 0 Å². The van der Waals surface area contributed by atoms with Crippen molar-refractivity contribution in [2.24, 2.45) is 0 Å². The Morgan fingerprint density at radius 2 is 1.82 bits per heavy atom. The molecular weight excluding hydrogens is 322 g/mol. The number of sulfonamides is 1. The van der Waals surface area contributed by atoms with Gasteiger partial charge in [-0.2, -0.15) is 4.31 Å². The van der Waals surface area contributed by atoms with Crippen molar-refractivity contribution in [2.75, 3.05) is 18.6 Å². The molecule has 1 aromatic rings. The van der Waals surface area contributed by atoms with Crippen LogP contribution in [0, 0.1) is 0 Å². The Morgan fingerprint density at radius 1 is 1.14 bits per heavy atom. The molecule has 0 aromatic heterocycles. The van der Waals surface area contributed by atoms with Crippen molar-refractivity contribution >= 4 is 19.9 Å². The van der Waals surface area contributed by atoms with Gasteiger partial charge in [-0.15, -0.1) is 0 Å². The number of sulfone groups is 1. The second-order valence-electron chi connectivity index (χ2n) is 6.22. The van der Waals surface area contributed by atoms with Crippen LogP contribution in [0.5, 0.6) is 0 Å². The molecular formula is C15H21NO4S2. The number of benzene rings is 1. The number of rotatable bonds is 3. The van der Waals surface area contributed by atoms with Crippen molar-refractivity contribution in [3.05, 3.63) is 29.3 Å². The van der Waals surface area contributed by atoms with Gasteiger partial charge in [-0.3, -0.25) is 0 Å². The zero-order valence-electron chi connectivity index (χ0n) is 12.7. The van der Waals surface area contributed by atoms with Gasteiger partial charge in [-0.1, -0.05) is 6.07 Å². The maximum Gasteiger partial charge on any atom is 0.243 e. The van der Waals surface area contributed by atoms with Crippen LogP contribution in [0.2, 0.25) is 0 Å². The molecule has 1 aliphatic heterocycles. The summed E-state index contributed by atoms with van der Waals surface area (Å²) in [6.07, 6.45) is 4.54. The predicted octanol–water partition coefficient (Wildman–Crippen LogP) is 1.37. The lowest BCUT2D eigenvalue weighted by Gasteiger charge is -2.24. The average molecular weight is 343 g/mol. The molecule has 0 spiro atoms. The second kappa shape index (κ2) is 5.62. The van der Waals surface area contributed by atoms with Gasteiger partial charge in [-0.25, -0.2) is 16.8 Å². The minimum atomic E-state index is -3.64. The van der Waals surface area contributed by atoms with Gasteiger partial charge in [0.25, 0.3) is 0 Å². The van der Waals surface area contributed by atoms with E-state index in [2.05, 4.69) is 0 Å². The van der Waals surface area contributed by atoms with E-state index in [0.717, 1.165) is 31.2 Å². The van der Waals surface area contributed by atoms with Crippen molar-refractivity contribution in [3.8, 4) is 0 Å². The molecule has 0 radical (unpaired) electrons. The summed E-state index contributed by atoms with van der Waals surface area (Å²) in [5, 5.41) is 0. The van der Waals surface area contributed by atoms with Crippen molar-refractivity contribution in [1.29, 1.82) is 0 Å². The molecule has 0 saturated carbocycles. The lowest BCUT2D eigenvalue weighted by atomic mass is 9.92. The third-order valence-corrected chi connectivity index (χ3v) is 8.38. The largest absolute Gasteiger partial charge is 0.243 e. The Bertz CT molecular complexity index is 784. The summed E-state index contributed by atoms with van der Waals surface area (Å²) in [5.41, 5.74) is 2.34. The smallest absolute Gasteiger partial charge is 0.229 e. The van der Waals surface area contributed by atoms with E-state index in [1.54, 1.807) is 12.1 Å². The van der Waals surface area contributed by atoms with E-state index < -0.39 is 25.9 Å². The molecule has 122 valence electrons. The number of nitrogens with zero attached hydrogens (tertiary/aromatic N) is 1. The fourth-order valence-electron chi connectivity index (χ4n) is 3.29. The maximum absolute atomic E-state index is 12.7. The molecule has 1 fully saturated rings. The third-order valence-electron chi connectivity index (χ3n) is 4.72. The van der Waals surface area contributed by atoms with Gasteiger partial charge in [0.1, 0.15) is 0 Å². The monoisotopic (exact) mass is 343 g/mol. The first-order valence-corrected chi connectivity index (χ1v) is 10.9. The Kier molecular flexibility index (Phi) is 4.07. The molecule has 1 heterocycles. The van der Waals surface area contributed by atoms with Gasteiger partial charge in [0.15, 0.2) is 9.84 Å². The van der Waals surface area contributed by atoms with Gasteiger partial charge < -0.3 is 0 Å². The fraction of sp³-hybridized carbons (Fsp3) is 0.600. The molecule has 1 saturated heterocycles. The predicted molar refractivity (Wildman–Crippen MR) is 85.1 cm³/mol. The molecule has 5 nitrogen and oxygen atoms in total. The third kappa shape index (κ3) is 2.94. The van der Waals surface area contributed by atoms with E-state index in [-0.39, 0.29) is 16.4 Å². The van der Waals surface area contributed by atoms with Gasteiger partial charge in [0.05, 0.1) is 16.4 Å². The second-order valence-corrected chi connectivity index (χ2v) is 10.4. The Balaban J connectivity index is 1.89. The van der Waals surface area contributed by atoms with Gasteiger partial charge >= 0.3 is 0 Å². The average Bonchev–Trinajstić information content (AvgIpc) is 2.86. The highest BCUT2D eigenvalue weighted by Gasteiger charge is 2.36. The minimum absolute atomic E-state index is 0.0711. The summed E-state index contributed by atoms with van der Waals surface area (Å²) in [7, 11) is -5.25. The Morgan fingerprint density at radius 3 is 2.45 bits per heavy atom. The molecule has 0 bridgehead atoms. The summed E-state index contributed by atoms with van der Waals surface area (Å²) < 4.78 is 49.9. The molecule has 3 rings (SSSR count). The quantitative estimate of drug-likeness (QED) is 0.831. The topological polar surface area (TPSA) is 71.5 Å². The first kappa shape index (κ1) is 16.0. The number of hydrogen-bond acceptors (Lipinski definition) is 4. The first-order valence-electron chi connectivity index (χ1n) is 7.60. The molecule has 0 amide bonds. The van der Waals surface area contributed by atoms with Crippen LogP contribution in [0.15, 0.2) is 23.1 Å². The van der Waals surface area contributed by atoms with Crippen molar-refractivity contribution in [1.82, 2.24) is 4.31 Å². The molecule has 1 aliphatic carbocycles. The fourth-order valence-corrected chi connectivity index (χ4v) is 6.60. The number of hydrogen-bond donors (Lipinski definition) is 0. The molecule has 1 atom stereocenters. The summed E-state index contributed by atoms with van der Waals surface area (Å²) in [5.74, 6) is -0.00458. The van der Waals surface area contributed by atoms with E-state index in [1.165, 1.54) is 16.9 Å². The van der Waals surface area contributed by atoms with Crippen molar-refractivity contribution < 1.29 is 16.8 Å². The molecule has 7 heteroatoms. The Hall–Kier alpha value is -0.920. The lowest BCUT2D eigenvalue weighted by Crippen LogP contribution is -2.37. The summed E-state index contributed by atoms with van der Waals surface area (Å²) in [6, 6.07) is 4.87. The standard InChI is InChI=1S/C15H21NO4S2/c1-16(14-8-9-21(17,18)11-14)22(19,20)15-7-6-12-4-2-3-5-13(12)10-15/h6-7,10,14H,2-5,8-9,11H2,1H3. The molecule has 2 aliphatic rings. The minimum Gasteiger partial charge on any atom is -0.229 e. The van der Waals surface area contributed by atoms with E-state index in [4.69, 9.17) is 0 Å². The number of fused-ring (bicyclic) bond motifs is 1. The van der Waals surface area contributed by atoms with Crippen LogP contribution in [0.4, 0.5) is 0 Å². The highest BCUT2D eigenvalue weighted by molar-refractivity contribution is 7.92. The zero-order valence-corrected chi connectivity index (χ0v) is 14.3. The molecule has 22 heavy (non-hydrogen) atoms. The van der Waals surface area contributed by atoms with Crippen LogP contribution in [-0.2, 0) is 32.7 Å². The van der Waals surface area contributed by atoms with E-state index in [0.29, 0.717) is 6.42 Å². The summed E-state index contributed by atoms with van der Waals surface area (Å²) in [4.78, 5) is 0.278. The van der Waals surface area contributed by atoms with Crippen LogP contribution < -0.4 is 0 Å². The summed E-state index contributed by atoms with van der Waals surface area (Å²) >= 11 is 0. The first-order chi connectivity index (χ1) is 10.3. The molecule has 1 unspecified atom stereocenters. The van der Waals surface area contributed by atoms with E-state index >= 15 is 0 Å². The Labute approximate surface area is 132 Å². The van der Waals surface area contributed by atoms with Gasteiger partial charge in [-0.05, 0) is 55.4 Å². The van der Waals surface area contributed by atoms with Crippen LogP contribution in [-0.4, -0.2) is 45.7 Å². The SMILES string of the molecule is CN(C1CCS(=O)(=O)C1)S(=O)(=O)c1ccc2c(c1)CCCC2.